The van der Waals surface area contributed by atoms with Gasteiger partial charge in [0.1, 0.15) is 0 Å². The second-order valence-corrected chi connectivity index (χ2v) is 6.31. The van der Waals surface area contributed by atoms with E-state index in [0.717, 1.165) is 6.42 Å². The number of nitrogens with one attached hydrogen (secondary N) is 1. The molecule has 0 rings (SSSR count). The minimum atomic E-state index is -0.606. The topological polar surface area (TPSA) is 84.6 Å². The Morgan fingerprint density at radius 3 is 2.42 bits per heavy atom. The van der Waals surface area contributed by atoms with Gasteiger partial charge in [0.25, 0.3) is 0 Å². The Labute approximate surface area is 116 Å². The van der Waals surface area contributed by atoms with Gasteiger partial charge in [-0.1, -0.05) is 13.8 Å². The molecule has 0 aliphatic heterocycles. The molecule has 1 amide bonds. The lowest BCUT2D eigenvalue weighted by Gasteiger charge is -2.22. The molecule has 2 atom stereocenters. The molecule has 114 valence electrons. The standard InChI is InChI=1S/C14H30N2O3/c1-10(2)6-11(3)19-8-12(17)7-16-9-14(4,5)13(15)18/h10-12,16-17H,6-9H2,1-5H3,(H2,15,18). The molecule has 0 aliphatic rings. The van der Waals surface area contributed by atoms with E-state index in [1.54, 1.807) is 13.8 Å². The molecule has 0 heterocycles. The zero-order valence-corrected chi connectivity index (χ0v) is 12.9. The fraction of sp³-hybridized carbons (Fsp3) is 0.929. The third kappa shape index (κ3) is 8.97. The first-order valence-corrected chi connectivity index (χ1v) is 6.95. The molecule has 2 unspecified atom stereocenters. The number of carbonyl (C=O) groups excluding carboxylic acids is 1. The summed E-state index contributed by atoms with van der Waals surface area (Å²) in [7, 11) is 0. The van der Waals surface area contributed by atoms with Crippen LogP contribution in [0.2, 0.25) is 0 Å². The first kappa shape index (κ1) is 18.4. The number of nitrogens with two attached hydrogens (primary N) is 1. The van der Waals surface area contributed by atoms with Gasteiger partial charge in [0.2, 0.25) is 5.91 Å². The van der Waals surface area contributed by atoms with Crippen LogP contribution >= 0.6 is 0 Å². The second kappa shape index (κ2) is 8.51. The van der Waals surface area contributed by atoms with Crippen molar-refractivity contribution in [2.45, 2.75) is 53.2 Å². The van der Waals surface area contributed by atoms with E-state index in [1.807, 2.05) is 6.92 Å². The van der Waals surface area contributed by atoms with Crippen molar-refractivity contribution < 1.29 is 14.6 Å². The number of ether oxygens (including phenoxy) is 1. The summed E-state index contributed by atoms with van der Waals surface area (Å²) in [6, 6.07) is 0. The highest BCUT2D eigenvalue weighted by Crippen LogP contribution is 2.11. The molecule has 5 heteroatoms. The van der Waals surface area contributed by atoms with Crippen molar-refractivity contribution in [3.05, 3.63) is 0 Å². The number of amides is 1. The summed E-state index contributed by atoms with van der Waals surface area (Å²) >= 11 is 0. The van der Waals surface area contributed by atoms with Crippen LogP contribution in [0.5, 0.6) is 0 Å². The minimum absolute atomic E-state index is 0.150. The summed E-state index contributed by atoms with van der Waals surface area (Å²) in [5.41, 5.74) is 4.66. The van der Waals surface area contributed by atoms with Crippen molar-refractivity contribution in [2.75, 3.05) is 19.7 Å². The van der Waals surface area contributed by atoms with Gasteiger partial charge < -0.3 is 20.9 Å². The Hall–Kier alpha value is -0.650. The van der Waals surface area contributed by atoms with Crippen molar-refractivity contribution in [1.82, 2.24) is 5.32 Å². The highest BCUT2D eigenvalue weighted by atomic mass is 16.5. The van der Waals surface area contributed by atoms with E-state index in [9.17, 15) is 9.90 Å². The lowest BCUT2D eigenvalue weighted by atomic mass is 9.93. The lowest BCUT2D eigenvalue weighted by molar-refractivity contribution is -0.125. The van der Waals surface area contributed by atoms with Gasteiger partial charge in [0, 0.05) is 13.1 Å². The number of aliphatic hydroxyl groups excluding tert-OH is 1. The van der Waals surface area contributed by atoms with Crippen LogP contribution in [0, 0.1) is 11.3 Å². The summed E-state index contributed by atoms with van der Waals surface area (Å²) < 4.78 is 5.56. The van der Waals surface area contributed by atoms with Crippen molar-refractivity contribution >= 4 is 5.91 Å². The Morgan fingerprint density at radius 1 is 1.37 bits per heavy atom. The number of hydrogen-bond donors (Lipinski definition) is 3. The fourth-order valence-electron chi connectivity index (χ4n) is 1.70. The lowest BCUT2D eigenvalue weighted by Crippen LogP contribution is -2.43. The van der Waals surface area contributed by atoms with Crippen LogP contribution in [-0.2, 0) is 9.53 Å². The van der Waals surface area contributed by atoms with E-state index in [4.69, 9.17) is 10.5 Å². The molecule has 0 fully saturated rings. The van der Waals surface area contributed by atoms with Gasteiger partial charge in [0.15, 0.2) is 0 Å². The molecule has 0 saturated carbocycles. The predicted molar refractivity (Wildman–Crippen MR) is 76.7 cm³/mol. The number of carbonyl (C=O) groups is 1. The van der Waals surface area contributed by atoms with Gasteiger partial charge in [-0.25, -0.2) is 0 Å². The van der Waals surface area contributed by atoms with E-state index in [2.05, 4.69) is 19.2 Å². The zero-order valence-electron chi connectivity index (χ0n) is 12.9. The maximum atomic E-state index is 11.1. The zero-order chi connectivity index (χ0) is 15.1. The third-order valence-corrected chi connectivity index (χ3v) is 2.99. The Bertz CT molecular complexity index is 267. The van der Waals surface area contributed by atoms with Crippen LogP contribution in [-0.4, -0.2) is 42.9 Å². The summed E-state index contributed by atoms with van der Waals surface area (Å²) in [6.07, 6.45) is 0.560. The Balaban J connectivity index is 3.76. The molecule has 0 saturated heterocycles. The normalized spacial score (nSPS) is 15.5. The summed E-state index contributed by atoms with van der Waals surface area (Å²) in [6.45, 7) is 11.0. The molecule has 0 aliphatic carbocycles. The van der Waals surface area contributed by atoms with E-state index in [-0.39, 0.29) is 12.0 Å². The van der Waals surface area contributed by atoms with Crippen LogP contribution in [0.3, 0.4) is 0 Å². The first-order chi connectivity index (χ1) is 8.65. The smallest absolute Gasteiger partial charge is 0.224 e. The predicted octanol–water partition coefficient (Wildman–Crippen LogP) is 0.900. The number of hydrogen-bond acceptors (Lipinski definition) is 4. The molecule has 0 bridgehead atoms. The molecule has 0 aromatic heterocycles. The SMILES string of the molecule is CC(C)CC(C)OCC(O)CNCC(C)(C)C(N)=O. The van der Waals surface area contributed by atoms with Crippen molar-refractivity contribution in [2.24, 2.45) is 17.1 Å². The van der Waals surface area contributed by atoms with Gasteiger partial charge in [-0.15, -0.1) is 0 Å². The average molecular weight is 274 g/mol. The molecular formula is C14H30N2O3. The van der Waals surface area contributed by atoms with Gasteiger partial charge in [0.05, 0.1) is 24.2 Å². The summed E-state index contributed by atoms with van der Waals surface area (Å²) in [4.78, 5) is 11.1. The molecule has 0 spiro atoms. The fourth-order valence-corrected chi connectivity index (χ4v) is 1.70. The molecule has 0 aromatic carbocycles. The van der Waals surface area contributed by atoms with Crippen LogP contribution in [0.25, 0.3) is 0 Å². The van der Waals surface area contributed by atoms with Gasteiger partial charge in [-0.05, 0) is 33.1 Å². The molecule has 19 heavy (non-hydrogen) atoms. The van der Waals surface area contributed by atoms with Crippen LogP contribution < -0.4 is 11.1 Å². The van der Waals surface area contributed by atoms with E-state index < -0.39 is 11.5 Å². The Kier molecular flexibility index (Phi) is 8.22. The highest BCUT2D eigenvalue weighted by molar-refractivity contribution is 5.80. The van der Waals surface area contributed by atoms with Crippen molar-refractivity contribution in [3.63, 3.8) is 0 Å². The summed E-state index contributed by atoms with van der Waals surface area (Å²) in [5, 5.41) is 12.8. The van der Waals surface area contributed by atoms with Crippen LogP contribution in [0.15, 0.2) is 0 Å². The molecule has 5 nitrogen and oxygen atoms in total. The number of primary amides is 1. The van der Waals surface area contributed by atoms with Crippen molar-refractivity contribution in [3.8, 4) is 0 Å². The van der Waals surface area contributed by atoms with E-state index in [1.165, 1.54) is 0 Å². The first-order valence-electron chi connectivity index (χ1n) is 6.95. The van der Waals surface area contributed by atoms with Gasteiger partial charge in [-0.2, -0.15) is 0 Å². The second-order valence-electron chi connectivity index (χ2n) is 6.31. The average Bonchev–Trinajstić information content (AvgIpc) is 2.25. The number of aliphatic hydroxyl groups is 1. The monoisotopic (exact) mass is 274 g/mol. The van der Waals surface area contributed by atoms with E-state index >= 15 is 0 Å². The van der Waals surface area contributed by atoms with Gasteiger partial charge >= 0.3 is 0 Å². The van der Waals surface area contributed by atoms with Crippen LogP contribution in [0.1, 0.15) is 41.0 Å². The van der Waals surface area contributed by atoms with E-state index in [0.29, 0.717) is 25.6 Å². The highest BCUT2D eigenvalue weighted by Gasteiger charge is 2.24. The molecule has 0 radical (unpaired) electrons. The maximum absolute atomic E-state index is 11.1. The van der Waals surface area contributed by atoms with Crippen LogP contribution in [0.4, 0.5) is 0 Å². The molecular weight excluding hydrogens is 244 g/mol. The van der Waals surface area contributed by atoms with Gasteiger partial charge in [-0.3, -0.25) is 4.79 Å². The molecule has 0 aromatic rings. The minimum Gasteiger partial charge on any atom is -0.389 e. The number of rotatable bonds is 10. The third-order valence-electron chi connectivity index (χ3n) is 2.99. The summed E-state index contributed by atoms with van der Waals surface area (Å²) in [5.74, 6) is 0.234. The quantitative estimate of drug-likeness (QED) is 0.552. The molecule has 4 N–H and O–H groups in total. The maximum Gasteiger partial charge on any atom is 0.224 e. The largest absolute Gasteiger partial charge is 0.389 e. The van der Waals surface area contributed by atoms with Crippen molar-refractivity contribution in [1.29, 1.82) is 0 Å². The Morgan fingerprint density at radius 2 is 1.95 bits per heavy atom.